The number of carbonyl (C=O) groups is 1. The number of carbonyl (C=O) groups excluding carboxylic acids is 1. The van der Waals surface area contributed by atoms with Crippen LogP contribution in [-0.4, -0.2) is 5.91 Å². The first-order valence-electron chi connectivity index (χ1n) is 3.92. The lowest BCUT2D eigenvalue weighted by Gasteiger charge is -2.04. The van der Waals surface area contributed by atoms with Gasteiger partial charge >= 0.3 is 0 Å². The van der Waals surface area contributed by atoms with Gasteiger partial charge in [0, 0.05) is 13.5 Å². The van der Waals surface area contributed by atoms with Crippen LogP contribution in [0.3, 0.4) is 0 Å². The van der Waals surface area contributed by atoms with Gasteiger partial charge in [-0.15, -0.1) is 0 Å². The van der Waals surface area contributed by atoms with Crippen molar-refractivity contribution in [2.45, 2.75) is 13.5 Å². The number of halogens is 1. The summed E-state index contributed by atoms with van der Waals surface area (Å²) in [6, 6.07) is 6.07. The molecule has 1 amide bonds. The summed E-state index contributed by atoms with van der Waals surface area (Å²) >= 11 is 0. The van der Waals surface area contributed by atoms with E-state index in [4.69, 9.17) is 0 Å². The molecule has 0 spiro atoms. The Labute approximate surface area is 75.9 Å². The second kappa shape index (κ2) is 4.57. The molecule has 0 fully saturated rings. The third-order valence-electron chi connectivity index (χ3n) is 1.47. The maximum atomic E-state index is 12.4. The fourth-order valence-corrected chi connectivity index (χ4v) is 0.873. The number of hydrazine groups is 1. The van der Waals surface area contributed by atoms with Gasteiger partial charge in [0.05, 0.1) is 0 Å². The van der Waals surface area contributed by atoms with Crippen LogP contribution in [0.5, 0.6) is 0 Å². The SMILES string of the molecule is CC(=O)NNCc1ccc(F)cc1. The summed E-state index contributed by atoms with van der Waals surface area (Å²) in [5, 5.41) is 0. The summed E-state index contributed by atoms with van der Waals surface area (Å²) in [5.74, 6) is -0.412. The number of rotatable bonds is 3. The average Bonchev–Trinajstić information content (AvgIpc) is 2.08. The fraction of sp³-hybridized carbons (Fsp3) is 0.222. The molecule has 1 aromatic carbocycles. The van der Waals surface area contributed by atoms with Crippen LogP contribution < -0.4 is 10.9 Å². The van der Waals surface area contributed by atoms with Crippen LogP contribution in [0.2, 0.25) is 0 Å². The maximum Gasteiger partial charge on any atom is 0.230 e. The lowest BCUT2D eigenvalue weighted by molar-refractivity contribution is -0.119. The van der Waals surface area contributed by atoms with E-state index >= 15 is 0 Å². The van der Waals surface area contributed by atoms with E-state index < -0.39 is 0 Å². The number of hydrogen-bond acceptors (Lipinski definition) is 2. The van der Waals surface area contributed by atoms with Crippen molar-refractivity contribution >= 4 is 5.91 Å². The molecule has 0 aromatic heterocycles. The van der Waals surface area contributed by atoms with Crippen molar-refractivity contribution < 1.29 is 9.18 Å². The Hall–Kier alpha value is -1.42. The number of nitrogens with one attached hydrogen (secondary N) is 2. The molecule has 0 saturated heterocycles. The van der Waals surface area contributed by atoms with Crippen LogP contribution in [0, 0.1) is 5.82 Å². The van der Waals surface area contributed by atoms with Gasteiger partial charge in [0.15, 0.2) is 0 Å². The summed E-state index contributed by atoms with van der Waals surface area (Å²) in [6.07, 6.45) is 0. The molecule has 0 heterocycles. The van der Waals surface area contributed by atoms with Crippen molar-refractivity contribution in [3.8, 4) is 0 Å². The molecule has 4 heteroatoms. The molecule has 0 atom stereocenters. The van der Waals surface area contributed by atoms with Crippen molar-refractivity contribution in [1.82, 2.24) is 10.9 Å². The van der Waals surface area contributed by atoms with Crippen molar-refractivity contribution in [2.75, 3.05) is 0 Å². The minimum Gasteiger partial charge on any atom is -0.292 e. The molecule has 0 saturated carbocycles. The molecule has 2 N–H and O–H groups in total. The largest absolute Gasteiger partial charge is 0.292 e. The molecule has 0 aliphatic rings. The average molecular weight is 182 g/mol. The van der Waals surface area contributed by atoms with Crippen LogP contribution >= 0.6 is 0 Å². The van der Waals surface area contributed by atoms with E-state index in [2.05, 4.69) is 10.9 Å². The van der Waals surface area contributed by atoms with Crippen LogP contribution in [-0.2, 0) is 11.3 Å². The summed E-state index contributed by atoms with van der Waals surface area (Å²) in [7, 11) is 0. The van der Waals surface area contributed by atoms with Gasteiger partial charge in [0.1, 0.15) is 5.82 Å². The van der Waals surface area contributed by atoms with E-state index in [0.717, 1.165) is 5.56 Å². The summed E-state index contributed by atoms with van der Waals surface area (Å²) in [5.41, 5.74) is 6.04. The van der Waals surface area contributed by atoms with E-state index in [-0.39, 0.29) is 11.7 Å². The van der Waals surface area contributed by atoms with Gasteiger partial charge in [-0.2, -0.15) is 0 Å². The van der Waals surface area contributed by atoms with Gasteiger partial charge in [-0.1, -0.05) is 12.1 Å². The fourth-order valence-electron chi connectivity index (χ4n) is 0.873. The summed E-state index contributed by atoms with van der Waals surface area (Å²) in [6.45, 7) is 1.90. The molecule has 0 aliphatic heterocycles. The molecule has 0 aliphatic carbocycles. The predicted octanol–water partition coefficient (Wildman–Crippen LogP) is 0.966. The first-order chi connectivity index (χ1) is 6.18. The Morgan fingerprint density at radius 2 is 2.00 bits per heavy atom. The van der Waals surface area contributed by atoms with E-state index in [9.17, 15) is 9.18 Å². The van der Waals surface area contributed by atoms with Gasteiger partial charge in [0.25, 0.3) is 0 Å². The summed E-state index contributed by atoms with van der Waals surface area (Å²) < 4.78 is 12.4. The standard InChI is InChI=1S/C9H11FN2O/c1-7(13)12-11-6-8-2-4-9(10)5-3-8/h2-5,11H,6H2,1H3,(H,12,13). The van der Waals surface area contributed by atoms with Gasteiger partial charge < -0.3 is 0 Å². The van der Waals surface area contributed by atoms with Crippen molar-refractivity contribution in [1.29, 1.82) is 0 Å². The van der Waals surface area contributed by atoms with Gasteiger partial charge in [-0.3, -0.25) is 10.2 Å². The zero-order valence-corrected chi connectivity index (χ0v) is 7.30. The van der Waals surface area contributed by atoms with Crippen molar-refractivity contribution in [3.05, 3.63) is 35.6 Å². The highest BCUT2D eigenvalue weighted by atomic mass is 19.1. The Morgan fingerprint density at radius 3 is 2.54 bits per heavy atom. The number of benzene rings is 1. The third kappa shape index (κ3) is 3.66. The van der Waals surface area contributed by atoms with E-state index in [1.807, 2.05) is 0 Å². The molecule has 0 radical (unpaired) electrons. The topological polar surface area (TPSA) is 41.1 Å². The van der Waals surface area contributed by atoms with E-state index in [0.29, 0.717) is 6.54 Å². The van der Waals surface area contributed by atoms with Crippen molar-refractivity contribution in [2.24, 2.45) is 0 Å². The Kier molecular flexibility index (Phi) is 3.40. The molecular weight excluding hydrogens is 171 g/mol. The Bertz CT molecular complexity index is 284. The Morgan fingerprint density at radius 1 is 1.38 bits per heavy atom. The zero-order valence-electron chi connectivity index (χ0n) is 7.30. The molecule has 1 aromatic rings. The van der Waals surface area contributed by atoms with E-state index in [1.165, 1.54) is 19.1 Å². The van der Waals surface area contributed by atoms with Gasteiger partial charge in [-0.05, 0) is 17.7 Å². The molecule has 70 valence electrons. The normalized spacial score (nSPS) is 9.69. The zero-order chi connectivity index (χ0) is 9.68. The first kappa shape index (κ1) is 9.67. The van der Waals surface area contributed by atoms with Gasteiger partial charge in [-0.25, -0.2) is 9.82 Å². The number of hydrogen-bond donors (Lipinski definition) is 2. The van der Waals surface area contributed by atoms with Crippen LogP contribution in [0.1, 0.15) is 12.5 Å². The smallest absolute Gasteiger partial charge is 0.230 e. The quantitative estimate of drug-likeness (QED) is 0.684. The predicted molar refractivity (Wildman–Crippen MR) is 47.1 cm³/mol. The lowest BCUT2D eigenvalue weighted by atomic mass is 10.2. The minimum atomic E-state index is -0.261. The molecule has 1 rings (SSSR count). The molecule has 0 unspecified atom stereocenters. The first-order valence-corrected chi connectivity index (χ1v) is 3.92. The summed E-state index contributed by atoms with van der Waals surface area (Å²) in [4.78, 5) is 10.5. The maximum absolute atomic E-state index is 12.4. The van der Waals surface area contributed by atoms with E-state index in [1.54, 1.807) is 12.1 Å². The Balaban J connectivity index is 2.37. The number of amides is 1. The lowest BCUT2D eigenvalue weighted by Crippen LogP contribution is -2.34. The minimum absolute atomic E-state index is 0.151. The molecule has 0 bridgehead atoms. The van der Waals surface area contributed by atoms with Crippen LogP contribution in [0.15, 0.2) is 24.3 Å². The molecular formula is C9H11FN2O. The third-order valence-corrected chi connectivity index (χ3v) is 1.47. The highest BCUT2D eigenvalue weighted by molar-refractivity contribution is 5.72. The second-order valence-electron chi connectivity index (χ2n) is 2.66. The highest BCUT2D eigenvalue weighted by Gasteiger charge is 1.93. The molecule has 3 nitrogen and oxygen atoms in total. The highest BCUT2D eigenvalue weighted by Crippen LogP contribution is 2.01. The molecule has 13 heavy (non-hydrogen) atoms. The monoisotopic (exact) mass is 182 g/mol. The van der Waals surface area contributed by atoms with Gasteiger partial charge in [0.2, 0.25) is 5.91 Å². The van der Waals surface area contributed by atoms with Crippen LogP contribution in [0.4, 0.5) is 4.39 Å². The van der Waals surface area contributed by atoms with Crippen LogP contribution in [0.25, 0.3) is 0 Å². The van der Waals surface area contributed by atoms with Crippen molar-refractivity contribution in [3.63, 3.8) is 0 Å². The second-order valence-corrected chi connectivity index (χ2v) is 2.66.